The Labute approximate surface area is 77.2 Å². The third-order valence-electron chi connectivity index (χ3n) is 2.13. The van der Waals surface area contributed by atoms with Crippen molar-refractivity contribution in [1.29, 1.82) is 0 Å². The number of hydrogen-bond acceptors (Lipinski definition) is 2. The number of rotatable bonds is 3. The molecule has 13 heavy (non-hydrogen) atoms. The molecule has 0 saturated heterocycles. The number of nitrogens with zero attached hydrogens (tertiary/aromatic N) is 2. The lowest BCUT2D eigenvalue weighted by Gasteiger charge is -1.98. The van der Waals surface area contributed by atoms with Gasteiger partial charge in [-0.15, -0.1) is 0 Å². The SMILES string of the molecule is NCCCc1cnc2ccccn12. The average molecular weight is 175 g/mol. The molecule has 2 heterocycles. The van der Waals surface area contributed by atoms with Crippen LogP contribution in [0.4, 0.5) is 0 Å². The second-order valence-electron chi connectivity index (χ2n) is 3.07. The molecule has 0 spiro atoms. The molecule has 0 unspecified atom stereocenters. The number of hydrogen-bond donors (Lipinski definition) is 1. The van der Waals surface area contributed by atoms with Gasteiger partial charge in [0.1, 0.15) is 5.65 Å². The van der Waals surface area contributed by atoms with Gasteiger partial charge in [0.05, 0.1) is 0 Å². The van der Waals surface area contributed by atoms with Crippen LogP contribution in [-0.4, -0.2) is 15.9 Å². The highest BCUT2D eigenvalue weighted by atomic mass is 15.0. The van der Waals surface area contributed by atoms with Gasteiger partial charge in [0.15, 0.2) is 0 Å². The Kier molecular flexibility index (Phi) is 2.27. The minimum absolute atomic E-state index is 0.736. The quantitative estimate of drug-likeness (QED) is 0.762. The van der Waals surface area contributed by atoms with Crippen molar-refractivity contribution < 1.29 is 0 Å². The van der Waals surface area contributed by atoms with E-state index in [1.165, 1.54) is 5.69 Å². The molecule has 2 rings (SSSR count). The van der Waals surface area contributed by atoms with Gasteiger partial charge in [0.25, 0.3) is 0 Å². The summed E-state index contributed by atoms with van der Waals surface area (Å²) in [5.74, 6) is 0. The van der Waals surface area contributed by atoms with Crippen LogP contribution >= 0.6 is 0 Å². The van der Waals surface area contributed by atoms with Gasteiger partial charge >= 0.3 is 0 Å². The zero-order valence-corrected chi connectivity index (χ0v) is 7.48. The van der Waals surface area contributed by atoms with Crippen molar-refractivity contribution in [1.82, 2.24) is 9.38 Å². The number of aryl methyl sites for hydroxylation is 1. The van der Waals surface area contributed by atoms with Gasteiger partial charge in [0, 0.05) is 18.1 Å². The van der Waals surface area contributed by atoms with Crippen LogP contribution in [0.5, 0.6) is 0 Å². The molecule has 0 aliphatic heterocycles. The van der Waals surface area contributed by atoms with Crippen molar-refractivity contribution in [2.45, 2.75) is 12.8 Å². The Morgan fingerprint density at radius 2 is 2.31 bits per heavy atom. The van der Waals surface area contributed by atoms with E-state index in [9.17, 15) is 0 Å². The van der Waals surface area contributed by atoms with E-state index in [0.717, 1.165) is 25.0 Å². The number of aromatic nitrogens is 2. The molecule has 0 radical (unpaired) electrons. The molecule has 2 aromatic heterocycles. The smallest absolute Gasteiger partial charge is 0.136 e. The maximum Gasteiger partial charge on any atom is 0.136 e. The predicted molar refractivity (Wildman–Crippen MR) is 52.6 cm³/mol. The Bertz CT molecular complexity index is 392. The van der Waals surface area contributed by atoms with Gasteiger partial charge in [-0.1, -0.05) is 6.07 Å². The number of fused-ring (bicyclic) bond motifs is 1. The largest absolute Gasteiger partial charge is 0.330 e. The van der Waals surface area contributed by atoms with E-state index in [0.29, 0.717) is 0 Å². The molecule has 3 nitrogen and oxygen atoms in total. The summed E-state index contributed by atoms with van der Waals surface area (Å²) >= 11 is 0. The second-order valence-corrected chi connectivity index (χ2v) is 3.07. The second kappa shape index (κ2) is 3.58. The standard InChI is InChI=1S/C10H13N3/c11-6-3-4-9-8-12-10-5-1-2-7-13(9)10/h1-2,5,7-8H,3-4,6,11H2. The topological polar surface area (TPSA) is 43.3 Å². The lowest BCUT2D eigenvalue weighted by atomic mass is 10.2. The van der Waals surface area contributed by atoms with E-state index in [4.69, 9.17) is 5.73 Å². The average Bonchev–Trinajstić information content (AvgIpc) is 2.58. The Morgan fingerprint density at radius 3 is 3.15 bits per heavy atom. The van der Waals surface area contributed by atoms with Crippen molar-refractivity contribution in [3.63, 3.8) is 0 Å². The summed E-state index contributed by atoms with van der Waals surface area (Å²) in [6.45, 7) is 0.736. The van der Waals surface area contributed by atoms with Crippen LogP contribution in [-0.2, 0) is 6.42 Å². The molecule has 0 atom stereocenters. The van der Waals surface area contributed by atoms with Crippen molar-refractivity contribution >= 4 is 5.65 Å². The van der Waals surface area contributed by atoms with Gasteiger partial charge in [-0.05, 0) is 31.5 Å². The molecule has 0 saturated carbocycles. The fourth-order valence-electron chi connectivity index (χ4n) is 1.45. The van der Waals surface area contributed by atoms with Crippen LogP contribution in [0.1, 0.15) is 12.1 Å². The summed E-state index contributed by atoms with van der Waals surface area (Å²) < 4.78 is 2.11. The highest BCUT2D eigenvalue weighted by molar-refractivity contribution is 5.39. The van der Waals surface area contributed by atoms with Gasteiger partial charge in [-0.25, -0.2) is 4.98 Å². The molecule has 2 N–H and O–H groups in total. The summed E-state index contributed by atoms with van der Waals surface area (Å²) in [5, 5.41) is 0. The number of nitrogens with two attached hydrogens (primary N) is 1. The fourth-order valence-corrected chi connectivity index (χ4v) is 1.45. The van der Waals surface area contributed by atoms with Gasteiger partial charge in [-0.3, -0.25) is 0 Å². The van der Waals surface area contributed by atoms with E-state index < -0.39 is 0 Å². The van der Waals surface area contributed by atoms with E-state index in [-0.39, 0.29) is 0 Å². The lowest BCUT2D eigenvalue weighted by molar-refractivity contribution is 0.802. The highest BCUT2D eigenvalue weighted by Crippen LogP contribution is 2.07. The predicted octanol–water partition coefficient (Wildman–Crippen LogP) is 1.23. The molecule has 0 aromatic carbocycles. The summed E-state index contributed by atoms with van der Waals surface area (Å²) in [7, 11) is 0. The zero-order valence-electron chi connectivity index (χ0n) is 7.48. The van der Waals surface area contributed by atoms with Crippen LogP contribution in [0.25, 0.3) is 5.65 Å². The normalized spacial score (nSPS) is 10.8. The van der Waals surface area contributed by atoms with Crippen LogP contribution in [0.2, 0.25) is 0 Å². The van der Waals surface area contributed by atoms with E-state index >= 15 is 0 Å². The van der Waals surface area contributed by atoms with Gasteiger partial charge < -0.3 is 10.1 Å². The Morgan fingerprint density at radius 1 is 1.38 bits per heavy atom. The van der Waals surface area contributed by atoms with Crippen molar-refractivity contribution in [2.24, 2.45) is 5.73 Å². The van der Waals surface area contributed by atoms with Crippen LogP contribution in [0.3, 0.4) is 0 Å². The van der Waals surface area contributed by atoms with Crippen LogP contribution in [0, 0.1) is 0 Å². The van der Waals surface area contributed by atoms with Crippen LogP contribution in [0.15, 0.2) is 30.6 Å². The zero-order chi connectivity index (χ0) is 9.10. The summed E-state index contributed by atoms with van der Waals surface area (Å²) in [4.78, 5) is 4.29. The first-order valence-corrected chi connectivity index (χ1v) is 4.53. The Balaban J connectivity index is 2.35. The maximum atomic E-state index is 5.46. The van der Waals surface area contributed by atoms with Crippen LogP contribution < -0.4 is 5.73 Å². The minimum atomic E-state index is 0.736. The molecular weight excluding hydrogens is 162 g/mol. The van der Waals surface area contributed by atoms with Gasteiger partial charge in [0.2, 0.25) is 0 Å². The van der Waals surface area contributed by atoms with Gasteiger partial charge in [-0.2, -0.15) is 0 Å². The molecule has 3 heteroatoms. The third kappa shape index (κ3) is 1.55. The van der Waals surface area contributed by atoms with E-state index in [1.807, 2.05) is 30.6 Å². The molecule has 0 bridgehead atoms. The third-order valence-corrected chi connectivity index (χ3v) is 2.13. The highest BCUT2D eigenvalue weighted by Gasteiger charge is 2.00. The number of imidazole rings is 1. The molecule has 0 fully saturated rings. The molecule has 0 amide bonds. The van der Waals surface area contributed by atoms with Crippen molar-refractivity contribution in [3.8, 4) is 0 Å². The molecule has 0 aliphatic carbocycles. The molecule has 2 aromatic rings. The summed E-state index contributed by atoms with van der Waals surface area (Å²) in [6.07, 6.45) is 5.98. The van der Waals surface area contributed by atoms with E-state index in [1.54, 1.807) is 0 Å². The van der Waals surface area contributed by atoms with E-state index in [2.05, 4.69) is 9.38 Å². The first-order valence-electron chi connectivity index (χ1n) is 4.53. The van der Waals surface area contributed by atoms with Crippen molar-refractivity contribution in [3.05, 3.63) is 36.3 Å². The fraction of sp³-hybridized carbons (Fsp3) is 0.300. The summed E-state index contributed by atoms with van der Waals surface area (Å²) in [5.41, 5.74) is 7.71. The molecule has 68 valence electrons. The first-order chi connectivity index (χ1) is 6.42. The minimum Gasteiger partial charge on any atom is -0.330 e. The van der Waals surface area contributed by atoms with Crippen molar-refractivity contribution in [2.75, 3.05) is 6.54 Å². The summed E-state index contributed by atoms with van der Waals surface area (Å²) in [6, 6.07) is 6.02. The lowest BCUT2D eigenvalue weighted by Crippen LogP contribution is -2.01. The maximum absolute atomic E-state index is 5.46. The molecule has 0 aliphatic rings. The first kappa shape index (κ1) is 8.26. The monoisotopic (exact) mass is 175 g/mol. The molecular formula is C10H13N3. The Hall–Kier alpha value is -1.35. The number of pyridine rings is 1.